The second-order valence-electron chi connectivity index (χ2n) is 10.1. The highest BCUT2D eigenvalue weighted by molar-refractivity contribution is 7.80. The lowest BCUT2D eigenvalue weighted by molar-refractivity contribution is 0.482. The van der Waals surface area contributed by atoms with Gasteiger partial charge < -0.3 is 4.74 Å². The Kier molecular flexibility index (Phi) is 7.55. The average Bonchev–Trinajstić information content (AvgIpc) is 3.06. The summed E-state index contributed by atoms with van der Waals surface area (Å²) in [4.78, 5) is 0. The second-order valence-corrected chi connectivity index (χ2v) is 14.5. The molecule has 0 N–H and O–H groups in total. The van der Waals surface area contributed by atoms with Gasteiger partial charge in [-0.05, 0) is 49.6 Å². The molecular weight excluding hydrogens is 546 g/mol. The highest BCUT2D eigenvalue weighted by atomic mass is 31.1. The number of rotatable bonds is 6. The fourth-order valence-electron chi connectivity index (χ4n) is 5.76. The summed E-state index contributed by atoms with van der Waals surface area (Å²) in [7, 11) is -1.67. The van der Waals surface area contributed by atoms with E-state index in [1.165, 1.54) is 37.4 Å². The zero-order chi connectivity index (χ0) is 28.3. The summed E-state index contributed by atoms with van der Waals surface area (Å²) in [6.45, 7) is 2.14. The lowest BCUT2D eigenvalue weighted by Gasteiger charge is -2.31. The van der Waals surface area contributed by atoms with Crippen LogP contribution in [0.2, 0.25) is 0 Å². The molecule has 1 nitrogen and oxygen atoms in total. The summed E-state index contributed by atoms with van der Waals surface area (Å²) in [5.74, 6) is 1.95. The van der Waals surface area contributed by atoms with Crippen molar-refractivity contribution in [2.24, 2.45) is 0 Å². The van der Waals surface area contributed by atoms with Crippen LogP contribution in [0.3, 0.4) is 0 Å². The third kappa shape index (κ3) is 4.90. The molecule has 0 spiro atoms. The first-order valence-corrected chi connectivity index (χ1v) is 16.9. The number of ether oxygens (including phenoxy) is 1. The molecule has 1 aliphatic rings. The van der Waals surface area contributed by atoms with E-state index in [-0.39, 0.29) is 0 Å². The van der Waals surface area contributed by atoms with Crippen molar-refractivity contribution in [2.75, 3.05) is 0 Å². The summed E-state index contributed by atoms with van der Waals surface area (Å²) in [5, 5.41) is 7.73. The third-order valence-electron chi connectivity index (χ3n) is 7.60. The van der Waals surface area contributed by atoms with Gasteiger partial charge in [-0.2, -0.15) is 0 Å². The van der Waals surface area contributed by atoms with Crippen molar-refractivity contribution in [3.63, 3.8) is 0 Å². The molecule has 3 heteroatoms. The lowest BCUT2D eigenvalue weighted by Crippen LogP contribution is -2.26. The first-order chi connectivity index (χ1) is 20.8. The van der Waals surface area contributed by atoms with Gasteiger partial charge in [0.15, 0.2) is 0 Å². The van der Waals surface area contributed by atoms with Crippen LogP contribution in [0.15, 0.2) is 164 Å². The predicted molar refractivity (Wildman–Crippen MR) is 183 cm³/mol. The molecule has 0 aliphatic carbocycles. The molecule has 0 amide bonds. The Morgan fingerprint density at radius 3 is 1.05 bits per heavy atom. The summed E-state index contributed by atoms with van der Waals surface area (Å²) in [6.07, 6.45) is 2.24. The van der Waals surface area contributed by atoms with Crippen LogP contribution in [0, 0.1) is 0 Å². The van der Waals surface area contributed by atoms with Crippen molar-refractivity contribution in [3.8, 4) is 11.5 Å². The van der Waals surface area contributed by atoms with Crippen LogP contribution < -0.4 is 36.6 Å². The molecule has 6 aromatic carbocycles. The van der Waals surface area contributed by atoms with E-state index in [9.17, 15) is 0 Å². The van der Waals surface area contributed by atoms with E-state index in [4.69, 9.17) is 4.74 Å². The van der Waals surface area contributed by atoms with Gasteiger partial charge in [-0.1, -0.05) is 164 Å². The van der Waals surface area contributed by atoms with Crippen molar-refractivity contribution >= 4 is 53.2 Å². The van der Waals surface area contributed by atoms with Gasteiger partial charge in [-0.25, -0.2) is 0 Å². The Labute approximate surface area is 250 Å². The van der Waals surface area contributed by atoms with Crippen molar-refractivity contribution < 1.29 is 4.74 Å². The molecule has 0 saturated carbocycles. The van der Waals surface area contributed by atoms with E-state index in [2.05, 4.69) is 171 Å². The van der Waals surface area contributed by atoms with Crippen molar-refractivity contribution in [3.05, 3.63) is 175 Å². The number of benzene rings is 6. The van der Waals surface area contributed by atoms with Crippen LogP contribution in [0.25, 0.3) is 5.57 Å². The van der Waals surface area contributed by atoms with Gasteiger partial charge in [0, 0.05) is 21.7 Å². The number of allylic oxidation sites excluding steroid dienone is 1. The normalized spacial score (nSPS) is 12.0. The SMILES string of the molecule is CC=C1c2cccc(P(c3ccccc3)c3ccccc3)c2Oc2c1cccc2P(c1ccccc1)c1ccccc1. The van der Waals surface area contributed by atoms with Crippen LogP contribution in [0.5, 0.6) is 11.5 Å². The molecule has 0 aromatic heterocycles. The van der Waals surface area contributed by atoms with Gasteiger partial charge in [0.25, 0.3) is 0 Å². The Balaban J connectivity index is 1.45. The second kappa shape index (κ2) is 11.9. The molecule has 1 aliphatic heterocycles. The molecule has 0 fully saturated rings. The first-order valence-electron chi connectivity index (χ1n) is 14.2. The van der Waals surface area contributed by atoms with E-state index in [1.54, 1.807) is 0 Å². The molecule has 0 radical (unpaired) electrons. The highest BCUT2D eigenvalue weighted by Crippen LogP contribution is 2.49. The minimum absolute atomic E-state index is 0.834. The maximum Gasteiger partial charge on any atom is 0.143 e. The Hall–Kier alpha value is -4.28. The van der Waals surface area contributed by atoms with Crippen molar-refractivity contribution in [1.82, 2.24) is 0 Å². The van der Waals surface area contributed by atoms with Gasteiger partial charge >= 0.3 is 0 Å². The smallest absolute Gasteiger partial charge is 0.143 e. The van der Waals surface area contributed by atoms with Gasteiger partial charge in [0.1, 0.15) is 11.5 Å². The van der Waals surface area contributed by atoms with E-state index in [0.717, 1.165) is 22.6 Å². The summed E-state index contributed by atoms with van der Waals surface area (Å²) in [5.41, 5.74) is 3.53. The first kappa shape index (κ1) is 26.6. The van der Waals surface area contributed by atoms with Crippen LogP contribution in [0.4, 0.5) is 0 Å². The average molecular weight is 577 g/mol. The Bertz CT molecular complexity index is 1640. The molecule has 0 saturated heterocycles. The van der Waals surface area contributed by atoms with Crippen LogP contribution in [-0.4, -0.2) is 0 Å². The number of hydrogen-bond donors (Lipinski definition) is 0. The molecular formula is C39H30OP2. The number of hydrogen-bond acceptors (Lipinski definition) is 1. The molecule has 0 atom stereocenters. The predicted octanol–water partition coefficient (Wildman–Crippen LogP) is 7.76. The molecule has 0 bridgehead atoms. The van der Waals surface area contributed by atoms with Crippen molar-refractivity contribution in [1.29, 1.82) is 0 Å². The molecule has 7 rings (SSSR count). The molecule has 42 heavy (non-hydrogen) atoms. The summed E-state index contributed by atoms with van der Waals surface area (Å²) >= 11 is 0. The monoisotopic (exact) mass is 576 g/mol. The highest BCUT2D eigenvalue weighted by Gasteiger charge is 2.32. The molecule has 0 unspecified atom stereocenters. The zero-order valence-electron chi connectivity index (χ0n) is 23.4. The third-order valence-corrected chi connectivity index (χ3v) is 12.5. The Morgan fingerprint density at radius 2 is 0.738 bits per heavy atom. The van der Waals surface area contributed by atoms with E-state index >= 15 is 0 Å². The number of para-hydroxylation sites is 2. The van der Waals surface area contributed by atoms with Gasteiger partial charge in [0.05, 0.1) is 0 Å². The van der Waals surface area contributed by atoms with Gasteiger partial charge in [0.2, 0.25) is 0 Å². The van der Waals surface area contributed by atoms with Crippen molar-refractivity contribution in [2.45, 2.75) is 6.92 Å². The van der Waals surface area contributed by atoms with E-state index in [1.807, 2.05) is 0 Å². The van der Waals surface area contributed by atoms with E-state index in [0.29, 0.717) is 0 Å². The molecule has 1 heterocycles. The number of fused-ring (bicyclic) bond motifs is 2. The van der Waals surface area contributed by atoms with Crippen LogP contribution in [0.1, 0.15) is 18.1 Å². The van der Waals surface area contributed by atoms with Gasteiger partial charge in [-0.3, -0.25) is 0 Å². The largest absolute Gasteiger partial charge is 0.455 e. The van der Waals surface area contributed by atoms with Crippen LogP contribution >= 0.6 is 15.8 Å². The van der Waals surface area contributed by atoms with E-state index < -0.39 is 15.8 Å². The summed E-state index contributed by atoms with van der Waals surface area (Å²) in [6, 6.07) is 56.8. The zero-order valence-corrected chi connectivity index (χ0v) is 25.2. The molecule has 6 aromatic rings. The Morgan fingerprint density at radius 1 is 0.405 bits per heavy atom. The quantitative estimate of drug-likeness (QED) is 0.184. The fraction of sp³-hybridized carbons (Fsp3) is 0.0256. The van der Waals surface area contributed by atoms with Crippen LogP contribution in [-0.2, 0) is 0 Å². The lowest BCUT2D eigenvalue weighted by atomic mass is 9.94. The summed E-state index contributed by atoms with van der Waals surface area (Å²) < 4.78 is 7.21. The standard InChI is InChI=1S/C39H30OP2/c1-2-33-34-25-15-27-36(41(29-17-7-3-8-18-29)30-19-9-4-10-20-30)38(34)40-39-35(33)26-16-28-37(39)42(31-21-11-5-12-22-31)32-23-13-6-14-24-32/h2-28H,1H3. The fourth-order valence-corrected chi connectivity index (χ4v) is 10.6. The minimum atomic E-state index is -0.834. The maximum atomic E-state index is 7.21. The van der Waals surface area contributed by atoms with Gasteiger partial charge in [-0.15, -0.1) is 0 Å². The minimum Gasteiger partial charge on any atom is -0.455 e. The topological polar surface area (TPSA) is 9.23 Å². The maximum absolute atomic E-state index is 7.21. The molecule has 202 valence electrons.